The minimum absolute atomic E-state index is 0.110. The molecule has 1 fully saturated rings. The number of hydrogen-bond acceptors (Lipinski definition) is 3. The van der Waals surface area contributed by atoms with Crippen LogP contribution in [0.5, 0.6) is 0 Å². The molecule has 0 saturated carbocycles. The number of likely N-dealkylation sites (tertiary alicyclic amines) is 1. The van der Waals surface area contributed by atoms with Gasteiger partial charge in [0.2, 0.25) is 5.91 Å². The van der Waals surface area contributed by atoms with Gasteiger partial charge in [0, 0.05) is 13.0 Å². The molecule has 0 radical (unpaired) electrons. The third-order valence-corrected chi connectivity index (χ3v) is 4.64. The summed E-state index contributed by atoms with van der Waals surface area (Å²) < 4.78 is 5.07. The normalized spacial score (nSPS) is 17.7. The number of hydrogen-bond donors (Lipinski definition) is 0. The van der Waals surface area contributed by atoms with Crippen molar-refractivity contribution in [3.8, 4) is 0 Å². The second-order valence-electron chi connectivity index (χ2n) is 6.58. The highest BCUT2D eigenvalue weighted by molar-refractivity contribution is 5.88. The lowest BCUT2D eigenvalue weighted by atomic mass is 10.1. The molecule has 1 heterocycles. The molecule has 1 atom stereocenters. The molecule has 1 saturated heterocycles. The van der Waals surface area contributed by atoms with Gasteiger partial charge in [0.05, 0.1) is 6.61 Å². The molecule has 4 heteroatoms. The van der Waals surface area contributed by atoms with Crippen molar-refractivity contribution in [3.05, 3.63) is 0 Å². The molecular weight excluding hydrogens is 290 g/mol. The van der Waals surface area contributed by atoms with E-state index in [4.69, 9.17) is 4.74 Å². The van der Waals surface area contributed by atoms with Crippen LogP contribution >= 0.6 is 0 Å². The van der Waals surface area contributed by atoms with E-state index in [9.17, 15) is 9.59 Å². The monoisotopic (exact) mass is 325 g/mol. The highest BCUT2D eigenvalue weighted by atomic mass is 16.5. The average Bonchev–Trinajstić information content (AvgIpc) is 2.90. The standard InChI is InChI=1S/C19H35NO3/c1-3-5-6-7-8-9-10-11-12-13-16-20-17(14-15-18(20)21)19(22)23-4-2/h17H,3-16H2,1-2H3/t17-/m0/s1. The minimum atomic E-state index is -0.332. The molecule has 0 bridgehead atoms. The van der Waals surface area contributed by atoms with Gasteiger partial charge in [-0.1, -0.05) is 64.7 Å². The molecule has 1 amide bonds. The first-order valence-corrected chi connectivity index (χ1v) is 9.66. The lowest BCUT2D eigenvalue weighted by Crippen LogP contribution is -2.40. The van der Waals surface area contributed by atoms with Crippen LogP contribution in [0.15, 0.2) is 0 Å². The third kappa shape index (κ3) is 7.85. The Labute approximate surface area is 141 Å². The van der Waals surface area contributed by atoms with Crippen molar-refractivity contribution >= 4 is 11.9 Å². The van der Waals surface area contributed by atoms with Gasteiger partial charge in [-0.3, -0.25) is 4.79 Å². The van der Waals surface area contributed by atoms with Crippen LogP contribution in [0, 0.1) is 0 Å². The second-order valence-corrected chi connectivity index (χ2v) is 6.58. The van der Waals surface area contributed by atoms with Gasteiger partial charge in [-0.05, 0) is 19.8 Å². The van der Waals surface area contributed by atoms with E-state index in [1.807, 2.05) is 0 Å². The number of nitrogens with zero attached hydrogens (tertiary/aromatic N) is 1. The highest BCUT2D eigenvalue weighted by Crippen LogP contribution is 2.21. The van der Waals surface area contributed by atoms with Crippen LogP contribution in [0.1, 0.15) is 90.9 Å². The van der Waals surface area contributed by atoms with Gasteiger partial charge in [-0.2, -0.15) is 0 Å². The van der Waals surface area contributed by atoms with Crippen molar-refractivity contribution in [2.24, 2.45) is 0 Å². The Balaban J connectivity index is 2.07. The van der Waals surface area contributed by atoms with Crippen LogP contribution in [-0.4, -0.2) is 36.0 Å². The maximum Gasteiger partial charge on any atom is 0.328 e. The van der Waals surface area contributed by atoms with E-state index >= 15 is 0 Å². The zero-order chi connectivity index (χ0) is 16.9. The number of amides is 1. The van der Waals surface area contributed by atoms with Crippen LogP contribution < -0.4 is 0 Å². The number of rotatable bonds is 13. The van der Waals surface area contributed by atoms with Gasteiger partial charge in [-0.15, -0.1) is 0 Å². The molecule has 4 nitrogen and oxygen atoms in total. The number of carbonyl (C=O) groups is 2. The lowest BCUT2D eigenvalue weighted by Gasteiger charge is -2.23. The molecule has 0 aromatic heterocycles. The summed E-state index contributed by atoms with van der Waals surface area (Å²) in [6, 6.07) is -0.332. The Bertz CT molecular complexity index is 344. The van der Waals surface area contributed by atoms with Crippen molar-refractivity contribution in [1.82, 2.24) is 4.90 Å². The van der Waals surface area contributed by atoms with Gasteiger partial charge in [0.25, 0.3) is 0 Å². The Kier molecular flexibility index (Phi) is 10.8. The first kappa shape index (κ1) is 20.0. The Morgan fingerprint density at radius 1 is 1.00 bits per heavy atom. The number of unbranched alkanes of at least 4 members (excludes halogenated alkanes) is 9. The van der Waals surface area contributed by atoms with E-state index in [-0.39, 0.29) is 17.9 Å². The highest BCUT2D eigenvalue weighted by Gasteiger charge is 2.36. The summed E-state index contributed by atoms with van der Waals surface area (Å²) in [6.07, 6.45) is 13.9. The van der Waals surface area contributed by atoms with Crippen LogP contribution in [0.2, 0.25) is 0 Å². The first-order chi connectivity index (χ1) is 11.2. The van der Waals surface area contributed by atoms with E-state index < -0.39 is 0 Å². The Hall–Kier alpha value is -1.06. The zero-order valence-electron chi connectivity index (χ0n) is 15.1. The molecule has 0 N–H and O–H groups in total. The first-order valence-electron chi connectivity index (χ1n) is 9.66. The smallest absolute Gasteiger partial charge is 0.328 e. The molecule has 0 unspecified atom stereocenters. The van der Waals surface area contributed by atoms with Gasteiger partial charge >= 0.3 is 5.97 Å². The maximum atomic E-state index is 11.9. The maximum absolute atomic E-state index is 11.9. The fourth-order valence-corrected chi connectivity index (χ4v) is 3.27. The molecule has 0 aliphatic carbocycles. The topological polar surface area (TPSA) is 46.6 Å². The SMILES string of the molecule is CCCCCCCCCCCCN1C(=O)CC[C@H]1C(=O)OCC. The Morgan fingerprint density at radius 3 is 2.13 bits per heavy atom. The summed E-state index contributed by atoms with van der Waals surface area (Å²) in [5.41, 5.74) is 0. The predicted octanol–water partition coefficient (Wildman–Crippen LogP) is 4.46. The fourth-order valence-electron chi connectivity index (χ4n) is 3.27. The van der Waals surface area contributed by atoms with Gasteiger partial charge in [-0.25, -0.2) is 4.79 Å². The van der Waals surface area contributed by atoms with Crippen molar-refractivity contribution < 1.29 is 14.3 Å². The van der Waals surface area contributed by atoms with Crippen molar-refractivity contribution in [2.45, 2.75) is 96.9 Å². The van der Waals surface area contributed by atoms with Crippen LogP contribution in [0.3, 0.4) is 0 Å². The zero-order valence-corrected chi connectivity index (χ0v) is 15.1. The van der Waals surface area contributed by atoms with E-state index in [0.29, 0.717) is 26.0 Å². The summed E-state index contributed by atoms with van der Waals surface area (Å²) in [5.74, 6) is -0.121. The molecule has 23 heavy (non-hydrogen) atoms. The van der Waals surface area contributed by atoms with Gasteiger partial charge < -0.3 is 9.64 Å². The summed E-state index contributed by atoms with van der Waals surface area (Å²) in [5, 5.41) is 0. The van der Waals surface area contributed by atoms with Crippen LogP contribution in [0.4, 0.5) is 0 Å². The molecule has 134 valence electrons. The summed E-state index contributed by atoms with van der Waals surface area (Å²) in [7, 11) is 0. The van der Waals surface area contributed by atoms with Gasteiger partial charge in [0.15, 0.2) is 0 Å². The molecule has 1 rings (SSSR count). The molecule has 1 aliphatic heterocycles. The molecular formula is C19H35NO3. The van der Waals surface area contributed by atoms with E-state index in [2.05, 4.69) is 6.92 Å². The summed E-state index contributed by atoms with van der Waals surface area (Å²) in [6.45, 7) is 5.15. The Morgan fingerprint density at radius 2 is 1.57 bits per heavy atom. The average molecular weight is 325 g/mol. The lowest BCUT2D eigenvalue weighted by molar-refractivity contribution is -0.151. The van der Waals surface area contributed by atoms with Crippen LogP contribution in [0.25, 0.3) is 0 Å². The van der Waals surface area contributed by atoms with Crippen molar-refractivity contribution in [1.29, 1.82) is 0 Å². The molecule has 1 aliphatic rings. The second kappa shape index (κ2) is 12.4. The van der Waals surface area contributed by atoms with E-state index in [1.54, 1.807) is 11.8 Å². The van der Waals surface area contributed by atoms with Gasteiger partial charge in [0.1, 0.15) is 6.04 Å². The van der Waals surface area contributed by atoms with Crippen molar-refractivity contribution in [2.75, 3.05) is 13.2 Å². The van der Waals surface area contributed by atoms with E-state index in [0.717, 1.165) is 12.8 Å². The fraction of sp³-hybridized carbons (Fsp3) is 0.895. The minimum Gasteiger partial charge on any atom is -0.464 e. The molecule has 0 aromatic rings. The largest absolute Gasteiger partial charge is 0.464 e. The summed E-state index contributed by atoms with van der Waals surface area (Å²) in [4.78, 5) is 25.5. The predicted molar refractivity (Wildman–Crippen MR) is 93.2 cm³/mol. The van der Waals surface area contributed by atoms with Crippen LogP contribution in [-0.2, 0) is 14.3 Å². The number of esters is 1. The molecule has 0 spiro atoms. The van der Waals surface area contributed by atoms with E-state index in [1.165, 1.54) is 51.4 Å². The quantitative estimate of drug-likeness (QED) is 0.371. The number of carbonyl (C=O) groups excluding carboxylic acids is 2. The van der Waals surface area contributed by atoms with Crippen molar-refractivity contribution in [3.63, 3.8) is 0 Å². The molecule has 0 aromatic carbocycles. The summed E-state index contributed by atoms with van der Waals surface area (Å²) >= 11 is 0. The number of ether oxygens (including phenoxy) is 1. The third-order valence-electron chi connectivity index (χ3n) is 4.64.